The van der Waals surface area contributed by atoms with Gasteiger partial charge in [0.15, 0.2) is 17.8 Å². The molecule has 3 aliphatic heterocycles. The van der Waals surface area contributed by atoms with Gasteiger partial charge in [0.25, 0.3) is 5.91 Å². The zero-order valence-corrected chi connectivity index (χ0v) is 26.1. The maximum Gasteiger partial charge on any atom is 0.254 e. The number of imidazole rings is 1. The molecular formula is C38H33N7O3. The van der Waals surface area contributed by atoms with Crippen LogP contribution < -0.4 is 5.73 Å². The molecule has 3 aromatic carbocycles. The third-order valence-electron chi connectivity index (χ3n) is 9.54. The van der Waals surface area contributed by atoms with E-state index in [4.69, 9.17) is 15.7 Å². The summed E-state index contributed by atoms with van der Waals surface area (Å²) in [6, 6.07) is 31.1. The molecule has 3 saturated heterocycles. The largest absolute Gasteiger partial charge is 0.507 e. The highest BCUT2D eigenvalue weighted by Gasteiger charge is 2.41. The Hall–Kier alpha value is -5.87. The first-order valence-corrected chi connectivity index (χ1v) is 16.0. The number of hydrogen-bond donors (Lipinski definition) is 2. The number of phenols is 1. The van der Waals surface area contributed by atoms with Crippen LogP contribution in [0, 0.1) is 0 Å². The number of benzene rings is 3. The summed E-state index contributed by atoms with van der Waals surface area (Å²) in [5.41, 5.74) is 13.1. The van der Waals surface area contributed by atoms with Crippen molar-refractivity contribution >= 4 is 29.2 Å². The zero-order valence-electron chi connectivity index (χ0n) is 26.1. The second-order valence-corrected chi connectivity index (χ2v) is 12.4. The fourth-order valence-electron chi connectivity index (χ4n) is 7.05. The number of piperazine rings is 1. The number of nitrogens with two attached hydrogens (primary N) is 1. The Labute approximate surface area is 277 Å². The number of aromatic hydroxyl groups is 1. The van der Waals surface area contributed by atoms with Crippen molar-refractivity contribution in [3.63, 3.8) is 0 Å². The topological polar surface area (TPSA) is 130 Å². The van der Waals surface area contributed by atoms with Gasteiger partial charge >= 0.3 is 0 Å². The zero-order chi connectivity index (χ0) is 32.8. The number of carbonyl (C=O) groups excluding carboxylic acids is 2. The molecule has 3 aliphatic rings. The van der Waals surface area contributed by atoms with Crippen molar-refractivity contribution < 1.29 is 14.7 Å². The number of carbonyl (C=O) groups is 2. The van der Waals surface area contributed by atoms with Crippen LogP contribution in [0.4, 0.5) is 5.82 Å². The number of pyridine rings is 2. The molecule has 2 bridgehead atoms. The Morgan fingerprint density at radius 1 is 0.896 bits per heavy atom. The average Bonchev–Trinajstić information content (AvgIpc) is 3.51. The number of aromatic nitrogens is 4. The van der Waals surface area contributed by atoms with Gasteiger partial charge in [-0.15, -0.1) is 0 Å². The number of anilines is 1. The smallest absolute Gasteiger partial charge is 0.254 e. The van der Waals surface area contributed by atoms with E-state index in [-0.39, 0.29) is 29.3 Å². The molecule has 3 N–H and O–H groups in total. The number of phenolic OH excluding ortho intramolecular Hbond substituents is 1. The molecule has 1 amide bonds. The number of fused-ring (bicyclic) bond motifs is 4. The number of rotatable bonds is 7. The standard InChI is InChI=1S/C38H33N7O3/c39-35-31(7-4-18-40-35)36-42-33-16-15-32(25-5-2-1-3-6-25)41-37(33)45(36)28-11-8-24(9-12-28)20-43-21-30-14-13-29(43)22-44(30)38(48)26-10-17-34(47)27(19-26)23-46/h1-12,15-19,23,29-30,47H,13-14,20-22H2,(H2,39,40). The molecule has 0 spiro atoms. The van der Waals surface area contributed by atoms with E-state index in [1.807, 2.05) is 64.1 Å². The lowest BCUT2D eigenvalue weighted by Crippen LogP contribution is -2.63. The van der Waals surface area contributed by atoms with Gasteiger partial charge in [-0.3, -0.25) is 19.1 Å². The molecular weight excluding hydrogens is 602 g/mol. The van der Waals surface area contributed by atoms with E-state index in [1.54, 1.807) is 12.3 Å². The Morgan fingerprint density at radius 3 is 2.46 bits per heavy atom. The van der Waals surface area contributed by atoms with Crippen LogP contribution in [0.15, 0.2) is 103 Å². The van der Waals surface area contributed by atoms with Crippen LogP contribution in [0.2, 0.25) is 0 Å². The lowest BCUT2D eigenvalue weighted by Gasteiger charge is -2.51. The van der Waals surface area contributed by atoms with E-state index in [2.05, 4.69) is 34.1 Å². The van der Waals surface area contributed by atoms with Crippen LogP contribution in [0.1, 0.15) is 39.1 Å². The highest BCUT2D eigenvalue weighted by molar-refractivity contribution is 5.97. The van der Waals surface area contributed by atoms with Crippen LogP contribution in [0.25, 0.3) is 39.5 Å². The van der Waals surface area contributed by atoms with Crippen molar-refractivity contribution in [2.45, 2.75) is 31.5 Å². The highest BCUT2D eigenvalue weighted by atomic mass is 16.3. The SMILES string of the molecule is Nc1ncccc1-c1nc2ccc(-c3ccccc3)nc2n1-c1ccc(CN2CC3CCC2CN3C(=O)c2ccc(O)c(C=O)c2)cc1. The molecule has 0 radical (unpaired) electrons. The van der Waals surface area contributed by atoms with E-state index >= 15 is 0 Å². The predicted octanol–water partition coefficient (Wildman–Crippen LogP) is 5.74. The van der Waals surface area contributed by atoms with Crippen LogP contribution in [0.3, 0.4) is 0 Å². The van der Waals surface area contributed by atoms with Gasteiger partial charge in [-0.05, 0) is 73.0 Å². The van der Waals surface area contributed by atoms with Gasteiger partial charge in [0.1, 0.15) is 17.1 Å². The van der Waals surface area contributed by atoms with Crippen LogP contribution >= 0.6 is 0 Å². The minimum absolute atomic E-state index is 0.0879. The summed E-state index contributed by atoms with van der Waals surface area (Å²) in [4.78, 5) is 43.5. The minimum atomic E-state index is -0.120. The molecule has 48 heavy (non-hydrogen) atoms. The van der Waals surface area contributed by atoms with E-state index in [1.165, 1.54) is 17.7 Å². The second kappa shape index (κ2) is 12.1. The normalized spacial score (nSPS) is 17.5. The minimum Gasteiger partial charge on any atom is -0.507 e. The van der Waals surface area contributed by atoms with Gasteiger partial charge < -0.3 is 15.7 Å². The monoisotopic (exact) mass is 635 g/mol. The van der Waals surface area contributed by atoms with Crippen LogP contribution in [0.5, 0.6) is 5.75 Å². The van der Waals surface area contributed by atoms with Gasteiger partial charge in [-0.2, -0.15) is 0 Å². The van der Waals surface area contributed by atoms with Gasteiger partial charge in [-0.25, -0.2) is 15.0 Å². The summed E-state index contributed by atoms with van der Waals surface area (Å²) in [6.45, 7) is 2.17. The molecule has 2 unspecified atom stereocenters. The molecule has 238 valence electrons. The van der Waals surface area contributed by atoms with Gasteiger partial charge in [0, 0.05) is 54.7 Å². The maximum absolute atomic E-state index is 13.4. The first-order chi connectivity index (χ1) is 23.5. The third-order valence-corrected chi connectivity index (χ3v) is 9.54. The second-order valence-electron chi connectivity index (χ2n) is 12.4. The summed E-state index contributed by atoms with van der Waals surface area (Å²) in [5.74, 6) is 0.855. The maximum atomic E-state index is 13.4. The molecule has 6 aromatic rings. The molecule has 3 fully saturated rings. The number of piperidine rings is 2. The van der Waals surface area contributed by atoms with E-state index in [0.29, 0.717) is 30.0 Å². The van der Waals surface area contributed by atoms with Crippen molar-refractivity contribution in [2.24, 2.45) is 0 Å². The van der Waals surface area contributed by atoms with Gasteiger partial charge in [0.05, 0.1) is 16.8 Å². The quantitative estimate of drug-likeness (QED) is 0.213. The van der Waals surface area contributed by atoms with Crippen molar-refractivity contribution in [3.05, 3.63) is 120 Å². The van der Waals surface area contributed by atoms with Crippen molar-refractivity contribution in [1.82, 2.24) is 29.3 Å². The molecule has 0 aliphatic carbocycles. The Kier molecular flexibility index (Phi) is 7.41. The Bertz CT molecular complexity index is 2160. The van der Waals surface area contributed by atoms with Crippen LogP contribution in [-0.4, -0.2) is 71.8 Å². The van der Waals surface area contributed by atoms with E-state index in [0.717, 1.165) is 59.6 Å². The number of nitrogens with zero attached hydrogens (tertiary/aromatic N) is 6. The summed E-state index contributed by atoms with van der Waals surface area (Å²) in [5, 5.41) is 9.88. The summed E-state index contributed by atoms with van der Waals surface area (Å²) >= 11 is 0. The summed E-state index contributed by atoms with van der Waals surface area (Å²) < 4.78 is 2.05. The lowest BCUT2D eigenvalue weighted by molar-refractivity contribution is -0.0154. The molecule has 6 heterocycles. The highest BCUT2D eigenvalue weighted by Crippen LogP contribution is 2.34. The van der Waals surface area contributed by atoms with E-state index in [9.17, 15) is 14.7 Å². The number of nitrogen functional groups attached to an aromatic ring is 1. The molecule has 0 saturated carbocycles. The molecule has 10 nitrogen and oxygen atoms in total. The fraction of sp³-hybridized carbons (Fsp3) is 0.184. The number of amides is 1. The molecule has 10 heteroatoms. The number of hydrogen-bond acceptors (Lipinski definition) is 8. The third kappa shape index (κ3) is 5.26. The van der Waals surface area contributed by atoms with Crippen molar-refractivity contribution in [3.8, 4) is 34.1 Å². The molecule has 2 atom stereocenters. The van der Waals surface area contributed by atoms with E-state index < -0.39 is 0 Å². The molecule has 3 aromatic heterocycles. The summed E-state index contributed by atoms with van der Waals surface area (Å²) in [6.07, 6.45) is 4.21. The van der Waals surface area contributed by atoms with Crippen molar-refractivity contribution in [2.75, 3.05) is 18.8 Å². The van der Waals surface area contributed by atoms with Crippen LogP contribution in [-0.2, 0) is 6.54 Å². The summed E-state index contributed by atoms with van der Waals surface area (Å²) in [7, 11) is 0. The predicted molar refractivity (Wildman–Crippen MR) is 184 cm³/mol. The average molecular weight is 636 g/mol. The van der Waals surface area contributed by atoms with Gasteiger partial charge in [0.2, 0.25) is 0 Å². The van der Waals surface area contributed by atoms with Gasteiger partial charge in [-0.1, -0.05) is 42.5 Å². The number of aldehydes is 1. The fourth-order valence-corrected chi connectivity index (χ4v) is 7.05. The first-order valence-electron chi connectivity index (χ1n) is 16.0. The lowest BCUT2D eigenvalue weighted by atomic mass is 9.89. The Balaban J connectivity index is 1.06. The Morgan fingerprint density at radius 2 is 1.71 bits per heavy atom. The first kappa shape index (κ1) is 29.5. The van der Waals surface area contributed by atoms with Crippen molar-refractivity contribution in [1.29, 1.82) is 0 Å². The molecule has 9 rings (SSSR count).